The fourth-order valence-corrected chi connectivity index (χ4v) is 14.0. The van der Waals surface area contributed by atoms with Gasteiger partial charge in [-0.2, -0.15) is 0 Å². The largest absolute Gasteiger partial charge is 0.315 e. The maximum absolute atomic E-state index is 2.82. The molecule has 1 fully saturated rings. The van der Waals surface area contributed by atoms with Gasteiger partial charge in [0.15, 0.2) is 0 Å². The highest BCUT2D eigenvalue weighted by Crippen LogP contribution is 2.61. The Kier molecular flexibility index (Phi) is 8.99. The summed E-state index contributed by atoms with van der Waals surface area (Å²) in [4.78, 5) is 5.53. The van der Waals surface area contributed by atoms with E-state index in [2.05, 4.69) is 199 Å². The molecule has 3 heterocycles. The number of benzene rings is 4. The molecule has 4 heteroatoms. The van der Waals surface area contributed by atoms with E-state index >= 15 is 0 Å². The average Bonchev–Trinajstić information content (AvgIpc) is 3.57. The van der Waals surface area contributed by atoms with Crippen LogP contribution < -0.4 is 20.0 Å². The molecule has 5 aliphatic rings. The first kappa shape index (κ1) is 42.0. The lowest BCUT2D eigenvalue weighted by molar-refractivity contribution is 0.0929. The summed E-state index contributed by atoms with van der Waals surface area (Å²) in [6.45, 7) is 39.4. The second-order valence-electron chi connectivity index (χ2n) is 24.9. The predicted molar refractivity (Wildman–Crippen MR) is 272 cm³/mol. The molecule has 62 heavy (non-hydrogen) atoms. The molecule has 0 radical (unpaired) electrons. The van der Waals surface area contributed by atoms with Crippen molar-refractivity contribution in [2.45, 2.75) is 158 Å². The second-order valence-corrected chi connectivity index (χ2v) is 26.0. The molecule has 0 N–H and O–H groups in total. The maximum atomic E-state index is 2.82. The molecule has 1 aromatic heterocycles. The summed E-state index contributed by atoms with van der Waals surface area (Å²) in [6, 6.07) is 29.4. The quantitative estimate of drug-likeness (QED) is 0.163. The summed E-state index contributed by atoms with van der Waals surface area (Å²) in [5.41, 5.74) is 20.6. The van der Waals surface area contributed by atoms with Crippen molar-refractivity contribution in [3.63, 3.8) is 0 Å². The molecule has 10 rings (SSSR count). The number of hydrogen-bond acceptors (Lipinski definition) is 3. The van der Waals surface area contributed by atoms with Crippen LogP contribution in [0.3, 0.4) is 0 Å². The topological polar surface area (TPSA) is 6.48 Å². The maximum Gasteiger partial charge on any atom is 0.264 e. The number of fused-ring (bicyclic) bond motifs is 7. The Morgan fingerprint density at radius 1 is 0.645 bits per heavy atom. The van der Waals surface area contributed by atoms with Gasteiger partial charge in [0.2, 0.25) is 0 Å². The Bertz CT molecular complexity index is 2770. The molecular weight excluding hydrogens is 768 g/mol. The van der Waals surface area contributed by atoms with Crippen molar-refractivity contribution in [2.75, 3.05) is 9.80 Å². The third kappa shape index (κ3) is 6.07. The van der Waals surface area contributed by atoms with E-state index in [9.17, 15) is 0 Å². The first-order chi connectivity index (χ1) is 28.8. The zero-order valence-corrected chi connectivity index (χ0v) is 41.7. The molecule has 1 saturated carbocycles. The molecule has 2 nitrogen and oxygen atoms in total. The molecule has 2 unspecified atom stereocenters. The van der Waals surface area contributed by atoms with Gasteiger partial charge in [0.1, 0.15) is 0 Å². The van der Waals surface area contributed by atoms with Gasteiger partial charge >= 0.3 is 0 Å². The van der Waals surface area contributed by atoms with Crippen LogP contribution in [0.2, 0.25) is 0 Å². The van der Waals surface area contributed by atoms with Crippen LogP contribution >= 0.6 is 11.3 Å². The van der Waals surface area contributed by atoms with E-state index in [-0.39, 0.29) is 39.2 Å². The van der Waals surface area contributed by atoms with E-state index in [1.807, 2.05) is 11.3 Å². The molecule has 2 atom stereocenters. The van der Waals surface area contributed by atoms with Gasteiger partial charge in [0.05, 0.1) is 5.69 Å². The van der Waals surface area contributed by atoms with Crippen LogP contribution in [0.1, 0.15) is 157 Å². The first-order valence-electron chi connectivity index (χ1n) is 23.8. The van der Waals surface area contributed by atoms with Crippen molar-refractivity contribution in [1.82, 2.24) is 0 Å². The van der Waals surface area contributed by atoms with Crippen molar-refractivity contribution in [2.24, 2.45) is 22.7 Å². The molecule has 0 saturated heterocycles. The smallest absolute Gasteiger partial charge is 0.264 e. The normalized spacial score (nSPS) is 23.0. The minimum Gasteiger partial charge on any atom is -0.315 e. The SMILES string of the molecule is Cc1cc(C(C)(C)C)ccc1N1c2cc(C(C)(C)C)cc3c2B(C2=C(C(C)C4C(=C2)C(C)(C)CCC4(C)C)N3c2ccc3c(c2)C(C)(C)CCC3(C)C)c2sc3ccccc3c21. The number of allylic oxidation sites excluding steroid dienone is 4. The van der Waals surface area contributed by atoms with E-state index in [0.29, 0.717) is 11.8 Å². The van der Waals surface area contributed by atoms with Gasteiger partial charge in [0, 0.05) is 49.2 Å². The van der Waals surface area contributed by atoms with Crippen LogP contribution in [0, 0.1) is 29.6 Å². The molecular formula is C58H71BN2S. The van der Waals surface area contributed by atoms with Crippen LogP contribution in [0.25, 0.3) is 10.1 Å². The summed E-state index contributed by atoms with van der Waals surface area (Å²) < 4.78 is 2.85. The molecule has 322 valence electrons. The summed E-state index contributed by atoms with van der Waals surface area (Å²) >= 11 is 2.04. The fraction of sp³-hybridized carbons (Fsp3) is 0.483. The number of nitrogens with zero attached hydrogens (tertiary/aromatic N) is 2. The zero-order valence-electron chi connectivity index (χ0n) is 40.9. The number of hydrogen-bond donors (Lipinski definition) is 0. The Morgan fingerprint density at radius 3 is 1.94 bits per heavy atom. The van der Waals surface area contributed by atoms with Gasteiger partial charge in [-0.25, -0.2) is 0 Å². The molecule has 3 aliphatic carbocycles. The van der Waals surface area contributed by atoms with Gasteiger partial charge in [-0.15, -0.1) is 11.3 Å². The third-order valence-corrected chi connectivity index (χ3v) is 17.9. The highest BCUT2D eigenvalue weighted by atomic mass is 32.1. The van der Waals surface area contributed by atoms with Gasteiger partial charge in [-0.3, -0.25) is 0 Å². The van der Waals surface area contributed by atoms with E-state index in [1.54, 1.807) is 5.57 Å². The minimum atomic E-state index is -0.0718. The van der Waals surface area contributed by atoms with Crippen LogP contribution in [0.5, 0.6) is 0 Å². The predicted octanol–water partition coefficient (Wildman–Crippen LogP) is 15.5. The molecule has 0 amide bonds. The van der Waals surface area contributed by atoms with E-state index < -0.39 is 0 Å². The molecule has 4 aromatic carbocycles. The van der Waals surface area contributed by atoms with Crippen molar-refractivity contribution in [1.29, 1.82) is 0 Å². The summed E-state index contributed by atoms with van der Waals surface area (Å²) in [5, 5.41) is 1.36. The second kappa shape index (κ2) is 13.3. The van der Waals surface area contributed by atoms with Gasteiger partial charge in [-0.1, -0.05) is 152 Å². The Balaban J connectivity index is 1.36. The number of aryl methyl sites for hydroxylation is 1. The third-order valence-electron chi connectivity index (χ3n) is 16.7. The van der Waals surface area contributed by atoms with E-state index in [1.165, 1.54) is 113 Å². The summed E-state index contributed by atoms with van der Waals surface area (Å²) in [7, 11) is 0. The van der Waals surface area contributed by atoms with Crippen molar-refractivity contribution in [3.05, 3.63) is 123 Å². The fourth-order valence-electron chi connectivity index (χ4n) is 12.7. The molecule has 2 aliphatic heterocycles. The molecule has 5 aromatic rings. The van der Waals surface area contributed by atoms with Crippen molar-refractivity contribution < 1.29 is 0 Å². The molecule has 0 bridgehead atoms. The van der Waals surface area contributed by atoms with Crippen LogP contribution in [0.15, 0.2) is 95.6 Å². The summed E-state index contributed by atoms with van der Waals surface area (Å²) in [6.07, 6.45) is 7.67. The standard InChI is InChI=1S/C58H71BN2S/c1-34-29-36(53(3,4)5)21-24-44(34)61-46-31-37(54(6,7)8)30-45-49(46)59(52-51(61)39-19-17-18-20-47(39)62-52)43-33-42-48(58(15,16)28-27-57(42,13)14)35(2)50(43)60(45)38-22-23-40-41(32-38)56(11,12)26-25-55(40,9)10/h17-24,29-33,35,48H,25-28H2,1-16H3. The average molecular weight is 839 g/mol. The lowest BCUT2D eigenvalue weighted by atomic mass is 9.33. The Labute approximate surface area is 379 Å². The van der Waals surface area contributed by atoms with Crippen molar-refractivity contribution >= 4 is 66.8 Å². The van der Waals surface area contributed by atoms with Crippen LogP contribution in [0.4, 0.5) is 28.4 Å². The van der Waals surface area contributed by atoms with Gasteiger partial charge in [-0.05, 0) is 146 Å². The highest BCUT2D eigenvalue weighted by molar-refractivity contribution is 7.33. The van der Waals surface area contributed by atoms with E-state index in [0.717, 1.165) is 0 Å². The van der Waals surface area contributed by atoms with Gasteiger partial charge in [0.25, 0.3) is 6.71 Å². The lowest BCUT2D eigenvalue weighted by Gasteiger charge is -2.56. The zero-order chi connectivity index (χ0) is 44.4. The number of thiophene rings is 1. The molecule has 0 spiro atoms. The monoisotopic (exact) mass is 839 g/mol. The van der Waals surface area contributed by atoms with Crippen LogP contribution in [-0.4, -0.2) is 6.71 Å². The first-order valence-corrected chi connectivity index (χ1v) is 24.7. The Hall–Kier alpha value is -4.02. The number of rotatable bonds is 2. The lowest BCUT2D eigenvalue weighted by Crippen LogP contribution is -2.57. The van der Waals surface area contributed by atoms with Crippen molar-refractivity contribution in [3.8, 4) is 0 Å². The number of anilines is 5. The highest BCUT2D eigenvalue weighted by Gasteiger charge is 2.55. The minimum absolute atomic E-state index is 0.0639. The summed E-state index contributed by atoms with van der Waals surface area (Å²) in [5.74, 6) is 0.788. The van der Waals surface area contributed by atoms with E-state index in [4.69, 9.17) is 0 Å². The van der Waals surface area contributed by atoms with Crippen LogP contribution in [-0.2, 0) is 21.7 Å². The van der Waals surface area contributed by atoms with Gasteiger partial charge < -0.3 is 9.80 Å². The Morgan fingerprint density at radius 2 is 1.27 bits per heavy atom.